The fourth-order valence-corrected chi connectivity index (χ4v) is 6.58. The number of hydrogen-bond acceptors (Lipinski definition) is 2. The summed E-state index contributed by atoms with van der Waals surface area (Å²) < 4.78 is 1.62. The number of benzene rings is 1. The molecular weight excluding hydrogens is 268 g/mol. The molecule has 3 amide bonds. The van der Waals surface area contributed by atoms with Crippen LogP contribution in [0.4, 0.5) is 10.5 Å². The Bertz CT molecular complexity index is 492. The third kappa shape index (κ3) is 2.26. The third-order valence-corrected chi connectivity index (χ3v) is 9.82. The van der Waals surface area contributed by atoms with Crippen LogP contribution in [-0.4, -0.2) is 31.3 Å². The number of para-hydroxylation sites is 1. The van der Waals surface area contributed by atoms with Gasteiger partial charge in [-0.15, -0.1) is 0 Å². The molecule has 0 bridgehead atoms. The lowest BCUT2D eigenvalue weighted by Crippen LogP contribution is -2.55. The molecule has 1 aliphatic rings. The average Bonchev–Trinajstić information content (AvgIpc) is 2.79. The summed E-state index contributed by atoms with van der Waals surface area (Å²) in [5.41, 5.74) is 0.805. The highest BCUT2D eigenvalue weighted by atomic mass is 28.3. The number of anilines is 1. The number of amides is 3. The maximum absolute atomic E-state index is 12.7. The summed E-state index contributed by atoms with van der Waals surface area (Å²) in [6, 6.07) is 12.1. The Kier molecular flexibility index (Phi) is 4.28. The lowest BCUT2D eigenvalue weighted by Gasteiger charge is -2.36. The number of carbonyl (C=O) groups excluding carboxylic acids is 2. The van der Waals surface area contributed by atoms with Crippen LogP contribution < -0.4 is 4.90 Å². The van der Waals surface area contributed by atoms with Gasteiger partial charge in [0.2, 0.25) is 5.91 Å². The molecule has 1 aliphatic heterocycles. The van der Waals surface area contributed by atoms with Crippen molar-refractivity contribution in [2.75, 3.05) is 11.4 Å². The number of nitrogens with zero attached hydrogens (tertiary/aromatic N) is 2. The van der Waals surface area contributed by atoms with Crippen LogP contribution in [0.3, 0.4) is 0 Å². The molecule has 0 aromatic heterocycles. The topological polar surface area (TPSA) is 40.6 Å². The van der Waals surface area contributed by atoms with E-state index >= 15 is 0 Å². The molecule has 5 heteroatoms. The van der Waals surface area contributed by atoms with Crippen molar-refractivity contribution in [3.8, 4) is 0 Å². The van der Waals surface area contributed by atoms with Crippen molar-refractivity contribution in [1.82, 2.24) is 4.57 Å². The van der Waals surface area contributed by atoms with Gasteiger partial charge in [-0.25, -0.2) is 4.79 Å². The molecule has 4 nitrogen and oxygen atoms in total. The van der Waals surface area contributed by atoms with Crippen molar-refractivity contribution in [2.24, 2.45) is 0 Å². The Hall–Kier alpha value is -1.62. The Morgan fingerprint density at radius 1 is 1.00 bits per heavy atom. The van der Waals surface area contributed by atoms with Gasteiger partial charge in [0, 0.05) is 5.69 Å². The Morgan fingerprint density at radius 2 is 1.55 bits per heavy atom. The van der Waals surface area contributed by atoms with E-state index in [2.05, 4.69) is 20.8 Å². The number of urea groups is 1. The Morgan fingerprint density at radius 3 is 2.05 bits per heavy atom. The minimum Gasteiger partial charge on any atom is -0.292 e. The number of rotatable bonds is 5. The first kappa shape index (κ1) is 14.8. The van der Waals surface area contributed by atoms with Gasteiger partial charge >= 0.3 is 6.03 Å². The highest BCUT2D eigenvalue weighted by molar-refractivity contribution is 6.81. The summed E-state index contributed by atoms with van der Waals surface area (Å²) in [4.78, 5) is 26.7. The minimum absolute atomic E-state index is 0.0314. The summed E-state index contributed by atoms with van der Waals surface area (Å²) in [5.74, 6) is -0.0314. The molecule has 108 valence electrons. The summed E-state index contributed by atoms with van der Waals surface area (Å²) in [7, 11) is -1.99. The molecule has 0 radical (unpaired) electrons. The smallest absolute Gasteiger partial charge is 0.292 e. The molecule has 0 atom stereocenters. The van der Waals surface area contributed by atoms with Crippen molar-refractivity contribution < 1.29 is 9.59 Å². The SMILES string of the molecule is CC[Si](CC)(CC)N1C(=O)CN(c2ccccc2)C1=O. The first-order valence-electron chi connectivity index (χ1n) is 7.29. The van der Waals surface area contributed by atoms with E-state index in [0.29, 0.717) is 0 Å². The predicted octanol–water partition coefficient (Wildman–Crippen LogP) is 3.46. The molecule has 0 unspecified atom stereocenters. The maximum Gasteiger partial charge on any atom is 0.323 e. The van der Waals surface area contributed by atoms with Crippen molar-refractivity contribution >= 4 is 25.9 Å². The van der Waals surface area contributed by atoms with Gasteiger partial charge in [0.1, 0.15) is 6.54 Å². The van der Waals surface area contributed by atoms with E-state index < -0.39 is 8.24 Å². The van der Waals surface area contributed by atoms with Gasteiger partial charge in [-0.1, -0.05) is 39.0 Å². The Balaban J connectivity index is 2.34. The molecule has 20 heavy (non-hydrogen) atoms. The molecule has 0 spiro atoms. The summed E-state index contributed by atoms with van der Waals surface area (Å²) in [6.45, 7) is 6.48. The van der Waals surface area contributed by atoms with E-state index in [4.69, 9.17) is 0 Å². The lowest BCUT2D eigenvalue weighted by molar-refractivity contribution is -0.122. The van der Waals surface area contributed by atoms with Crippen LogP contribution in [0, 0.1) is 0 Å². The highest BCUT2D eigenvalue weighted by Crippen LogP contribution is 2.31. The summed E-state index contributed by atoms with van der Waals surface area (Å²) in [6.07, 6.45) is 0. The lowest BCUT2D eigenvalue weighted by atomic mass is 10.3. The third-order valence-electron chi connectivity index (χ3n) is 4.48. The largest absolute Gasteiger partial charge is 0.323 e. The van der Waals surface area contributed by atoms with Gasteiger partial charge in [0.05, 0.1) is 0 Å². The van der Waals surface area contributed by atoms with E-state index in [1.54, 1.807) is 9.47 Å². The van der Waals surface area contributed by atoms with Crippen LogP contribution in [-0.2, 0) is 4.79 Å². The fraction of sp³-hybridized carbons (Fsp3) is 0.467. The van der Waals surface area contributed by atoms with Crippen molar-refractivity contribution in [2.45, 2.75) is 38.9 Å². The van der Waals surface area contributed by atoms with Gasteiger partial charge in [0.15, 0.2) is 8.24 Å². The Labute approximate surface area is 121 Å². The van der Waals surface area contributed by atoms with Crippen molar-refractivity contribution in [3.63, 3.8) is 0 Å². The van der Waals surface area contributed by atoms with Gasteiger partial charge in [-0.05, 0) is 30.3 Å². The van der Waals surface area contributed by atoms with Crippen LogP contribution in [0.1, 0.15) is 20.8 Å². The van der Waals surface area contributed by atoms with E-state index in [1.807, 2.05) is 30.3 Å². The van der Waals surface area contributed by atoms with Crippen LogP contribution in [0.25, 0.3) is 0 Å². The molecule has 0 aliphatic carbocycles. The molecule has 2 rings (SSSR count). The normalized spacial score (nSPS) is 16.1. The standard InChI is InChI=1S/C15H22N2O2Si/c1-4-20(5-2,6-3)17-14(18)12-16(15(17)19)13-10-8-7-9-11-13/h7-11H,4-6,12H2,1-3H3. The number of imide groups is 1. The van der Waals surface area contributed by atoms with Crippen molar-refractivity contribution in [3.05, 3.63) is 30.3 Å². The maximum atomic E-state index is 12.7. The van der Waals surface area contributed by atoms with Gasteiger partial charge in [0.25, 0.3) is 0 Å². The zero-order chi connectivity index (χ0) is 14.8. The first-order valence-corrected chi connectivity index (χ1v) is 9.86. The van der Waals surface area contributed by atoms with Crippen LogP contribution in [0.2, 0.25) is 18.1 Å². The molecule has 0 saturated carbocycles. The highest BCUT2D eigenvalue weighted by Gasteiger charge is 2.48. The number of carbonyl (C=O) groups is 2. The summed E-state index contributed by atoms with van der Waals surface area (Å²) >= 11 is 0. The fourth-order valence-electron chi connectivity index (χ4n) is 3.00. The zero-order valence-corrected chi connectivity index (χ0v) is 13.4. The molecular formula is C15H22N2O2Si. The van der Waals surface area contributed by atoms with E-state index in [0.717, 1.165) is 23.8 Å². The second kappa shape index (κ2) is 5.79. The van der Waals surface area contributed by atoms with E-state index in [9.17, 15) is 9.59 Å². The molecule has 1 aromatic carbocycles. The minimum atomic E-state index is -1.99. The van der Waals surface area contributed by atoms with Gasteiger partial charge < -0.3 is 0 Å². The molecule has 1 fully saturated rings. The van der Waals surface area contributed by atoms with Crippen LogP contribution >= 0.6 is 0 Å². The molecule has 1 saturated heterocycles. The predicted molar refractivity (Wildman–Crippen MR) is 83.2 cm³/mol. The van der Waals surface area contributed by atoms with Gasteiger partial charge in [-0.3, -0.25) is 14.3 Å². The zero-order valence-electron chi connectivity index (χ0n) is 12.4. The first-order chi connectivity index (χ1) is 9.59. The molecule has 1 aromatic rings. The second-order valence-electron chi connectivity index (χ2n) is 5.22. The van der Waals surface area contributed by atoms with Crippen molar-refractivity contribution in [1.29, 1.82) is 0 Å². The van der Waals surface area contributed by atoms with E-state index in [-0.39, 0.29) is 18.5 Å². The molecule has 1 heterocycles. The van der Waals surface area contributed by atoms with Gasteiger partial charge in [-0.2, -0.15) is 0 Å². The average molecular weight is 290 g/mol. The second-order valence-corrected chi connectivity index (χ2v) is 10.2. The van der Waals surface area contributed by atoms with Crippen LogP contribution in [0.15, 0.2) is 30.3 Å². The van der Waals surface area contributed by atoms with Crippen LogP contribution in [0.5, 0.6) is 0 Å². The van der Waals surface area contributed by atoms with E-state index in [1.165, 1.54) is 0 Å². The molecule has 0 N–H and O–H groups in total. The summed E-state index contributed by atoms with van der Waals surface area (Å²) in [5, 5.41) is 0. The quantitative estimate of drug-likeness (QED) is 0.615. The monoisotopic (exact) mass is 290 g/mol. The number of hydrogen-bond donors (Lipinski definition) is 0.